The highest BCUT2D eigenvalue weighted by Gasteiger charge is 1.86. The molecule has 1 aromatic heterocycles. The first-order valence-corrected chi connectivity index (χ1v) is 2.51. The first-order valence-electron chi connectivity index (χ1n) is 2.51. The fraction of sp³-hybridized carbons (Fsp3) is 0.400. The van der Waals surface area contributed by atoms with Crippen molar-refractivity contribution in [2.24, 2.45) is 5.73 Å². The Kier molecular flexibility index (Phi) is 1.30. The third-order valence-electron chi connectivity index (χ3n) is 0.973. The van der Waals surface area contributed by atoms with Crippen molar-refractivity contribution < 1.29 is 0 Å². The summed E-state index contributed by atoms with van der Waals surface area (Å²) >= 11 is 0. The van der Waals surface area contributed by atoms with E-state index in [1.54, 1.807) is 6.33 Å². The molecule has 1 aromatic rings. The van der Waals surface area contributed by atoms with Gasteiger partial charge in [-0.25, -0.2) is 4.98 Å². The Labute approximate surface area is 48.1 Å². The molecule has 0 aromatic carbocycles. The molecule has 0 aliphatic rings. The zero-order valence-corrected chi connectivity index (χ0v) is 4.83. The van der Waals surface area contributed by atoms with Gasteiger partial charge >= 0.3 is 0 Å². The van der Waals surface area contributed by atoms with Crippen LogP contribution >= 0.6 is 0 Å². The van der Waals surface area contributed by atoms with E-state index in [1.807, 2.05) is 17.7 Å². The van der Waals surface area contributed by atoms with Crippen LogP contribution in [0.25, 0.3) is 0 Å². The SMILES string of the molecule is Cc1cn(CN)cn1. The second kappa shape index (κ2) is 1.96. The smallest absolute Gasteiger partial charge is 0.0960 e. The topological polar surface area (TPSA) is 43.8 Å². The van der Waals surface area contributed by atoms with Crippen LogP contribution in [0.5, 0.6) is 0 Å². The maximum Gasteiger partial charge on any atom is 0.0960 e. The molecule has 0 spiro atoms. The number of imidazole rings is 1. The first-order chi connectivity index (χ1) is 3.83. The van der Waals surface area contributed by atoms with Gasteiger partial charge in [0.05, 0.1) is 18.7 Å². The minimum absolute atomic E-state index is 0.515. The van der Waals surface area contributed by atoms with E-state index >= 15 is 0 Å². The van der Waals surface area contributed by atoms with Gasteiger partial charge in [-0.15, -0.1) is 0 Å². The average Bonchev–Trinajstić information content (AvgIpc) is 2.14. The Hall–Kier alpha value is -0.830. The summed E-state index contributed by atoms with van der Waals surface area (Å²) in [5.41, 5.74) is 6.30. The maximum absolute atomic E-state index is 5.29. The van der Waals surface area contributed by atoms with Crippen LogP contribution in [0, 0.1) is 6.92 Å². The summed E-state index contributed by atoms with van der Waals surface area (Å²) in [6.45, 7) is 2.45. The molecule has 0 fully saturated rings. The molecule has 0 amide bonds. The van der Waals surface area contributed by atoms with Gasteiger partial charge in [0.2, 0.25) is 0 Å². The molecule has 3 nitrogen and oxygen atoms in total. The lowest BCUT2D eigenvalue weighted by Gasteiger charge is -1.89. The number of aromatic nitrogens is 2. The summed E-state index contributed by atoms with van der Waals surface area (Å²) < 4.78 is 1.83. The molecule has 0 aliphatic carbocycles. The number of rotatable bonds is 1. The summed E-state index contributed by atoms with van der Waals surface area (Å²) in [6, 6.07) is 0. The van der Waals surface area contributed by atoms with E-state index < -0.39 is 0 Å². The van der Waals surface area contributed by atoms with Gasteiger partial charge in [-0.05, 0) is 6.92 Å². The minimum atomic E-state index is 0.515. The standard InChI is InChI=1S/C5H9N3/c1-5-2-8(3-6)4-7-5/h2,4H,3,6H2,1H3. The summed E-state index contributed by atoms with van der Waals surface area (Å²) in [7, 11) is 0. The van der Waals surface area contributed by atoms with Crippen molar-refractivity contribution in [1.29, 1.82) is 0 Å². The summed E-state index contributed by atoms with van der Waals surface area (Å²) in [4.78, 5) is 3.97. The van der Waals surface area contributed by atoms with Crippen LogP contribution < -0.4 is 5.73 Å². The van der Waals surface area contributed by atoms with E-state index in [0.717, 1.165) is 5.69 Å². The Morgan fingerprint density at radius 2 is 2.62 bits per heavy atom. The predicted octanol–water partition coefficient (Wildman–Crippen LogP) is 0.108. The zero-order valence-electron chi connectivity index (χ0n) is 4.83. The van der Waals surface area contributed by atoms with Crippen LogP contribution in [0.4, 0.5) is 0 Å². The molecule has 0 radical (unpaired) electrons. The van der Waals surface area contributed by atoms with Crippen LogP contribution in [0.15, 0.2) is 12.5 Å². The molecular weight excluding hydrogens is 102 g/mol. The Balaban J connectivity index is 2.84. The molecule has 0 unspecified atom stereocenters. The largest absolute Gasteiger partial charge is 0.324 e. The lowest BCUT2D eigenvalue weighted by Crippen LogP contribution is -2.03. The van der Waals surface area contributed by atoms with Crippen LogP contribution in [0.3, 0.4) is 0 Å². The van der Waals surface area contributed by atoms with Gasteiger partial charge in [0.25, 0.3) is 0 Å². The number of aryl methyl sites for hydroxylation is 1. The van der Waals surface area contributed by atoms with E-state index in [-0.39, 0.29) is 0 Å². The summed E-state index contributed by atoms with van der Waals surface area (Å²) in [5, 5.41) is 0. The van der Waals surface area contributed by atoms with Crippen molar-refractivity contribution in [3.8, 4) is 0 Å². The van der Waals surface area contributed by atoms with Crippen LogP contribution in [0.1, 0.15) is 5.69 Å². The number of hydrogen-bond donors (Lipinski definition) is 1. The fourth-order valence-corrected chi connectivity index (χ4v) is 0.572. The van der Waals surface area contributed by atoms with E-state index in [0.29, 0.717) is 6.67 Å². The molecule has 1 heterocycles. The van der Waals surface area contributed by atoms with Crippen molar-refractivity contribution in [3.63, 3.8) is 0 Å². The number of nitrogens with two attached hydrogens (primary N) is 1. The highest BCUT2D eigenvalue weighted by Crippen LogP contribution is 1.89. The molecule has 0 saturated carbocycles. The van der Waals surface area contributed by atoms with Gasteiger partial charge in [0.1, 0.15) is 0 Å². The molecule has 3 heteroatoms. The third kappa shape index (κ3) is 0.869. The van der Waals surface area contributed by atoms with Gasteiger partial charge in [0, 0.05) is 6.20 Å². The monoisotopic (exact) mass is 111 g/mol. The quantitative estimate of drug-likeness (QED) is 0.559. The lowest BCUT2D eigenvalue weighted by atomic mass is 10.6. The molecule has 0 bridgehead atoms. The second-order valence-electron chi connectivity index (χ2n) is 1.71. The van der Waals surface area contributed by atoms with Gasteiger partial charge < -0.3 is 10.3 Å². The Bertz CT molecular complexity index is 168. The highest BCUT2D eigenvalue weighted by molar-refractivity contribution is 4.91. The Morgan fingerprint density at radius 3 is 2.88 bits per heavy atom. The third-order valence-corrected chi connectivity index (χ3v) is 0.973. The van der Waals surface area contributed by atoms with E-state index in [4.69, 9.17) is 5.73 Å². The van der Waals surface area contributed by atoms with Crippen molar-refractivity contribution in [3.05, 3.63) is 18.2 Å². The van der Waals surface area contributed by atoms with Crippen LogP contribution in [-0.4, -0.2) is 9.55 Å². The van der Waals surface area contributed by atoms with Gasteiger partial charge in [-0.2, -0.15) is 0 Å². The van der Waals surface area contributed by atoms with Gasteiger partial charge in [-0.1, -0.05) is 0 Å². The van der Waals surface area contributed by atoms with Crippen LogP contribution in [-0.2, 0) is 6.67 Å². The summed E-state index contributed by atoms with van der Waals surface area (Å²) in [5.74, 6) is 0. The minimum Gasteiger partial charge on any atom is -0.324 e. The molecule has 0 aliphatic heterocycles. The predicted molar refractivity (Wildman–Crippen MR) is 31.2 cm³/mol. The zero-order chi connectivity index (χ0) is 5.98. The fourth-order valence-electron chi connectivity index (χ4n) is 0.572. The summed E-state index contributed by atoms with van der Waals surface area (Å²) in [6.07, 6.45) is 3.62. The first kappa shape index (κ1) is 5.31. The highest BCUT2D eigenvalue weighted by atomic mass is 15.1. The molecule has 8 heavy (non-hydrogen) atoms. The lowest BCUT2D eigenvalue weighted by molar-refractivity contribution is 0.731. The average molecular weight is 111 g/mol. The van der Waals surface area contributed by atoms with Crippen molar-refractivity contribution in [1.82, 2.24) is 9.55 Å². The molecule has 44 valence electrons. The van der Waals surface area contributed by atoms with E-state index in [2.05, 4.69) is 4.98 Å². The van der Waals surface area contributed by atoms with Gasteiger partial charge in [-0.3, -0.25) is 0 Å². The Morgan fingerprint density at radius 1 is 1.88 bits per heavy atom. The molecular formula is C5H9N3. The maximum atomic E-state index is 5.29. The number of hydrogen-bond acceptors (Lipinski definition) is 2. The van der Waals surface area contributed by atoms with Gasteiger partial charge in [0.15, 0.2) is 0 Å². The molecule has 1 rings (SSSR count). The van der Waals surface area contributed by atoms with E-state index in [9.17, 15) is 0 Å². The number of nitrogens with zero attached hydrogens (tertiary/aromatic N) is 2. The molecule has 0 saturated heterocycles. The van der Waals surface area contributed by atoms with Crippen molar-refractivity contribution >= 4 is 0 Å². The van der Waals surface area contributed by atoms with E-state index in [1.165, 1.54) is 0 Å². The second-order valence-corrected chi connectivity index (χ2v) is 1.71. The van der Waals surface area contributed by atoms with Crippen LogP contribution in [0.2, 0.25) is 0 Å². The van der Waals surface area contributed by atoms with Crippen molar-refractivity contribution in [2.45, 2.75) is 13.6 Å². The van der Waals surface area contributed by atoms with Crippen molar-refractivity contribution in [2.75, 3.05) is 0 Å². The normalized spacial score (nSPS) is 9.75. The molecule has 0 atom stereocenters. The molecule has 2 N–H and O–H groups in total.